The summed E-state index contributed by atoms with van der Waals surface area (Å²) in [6.07, 6.45) is 1.12. The fourth-order valence-corrected chi connectivity index (χ4v) is 4.83. The predicted molar refractivity (Wildman–Crippen MR) is 99.7 cm³/mol. The van der Waals surface area contributed by atoms with Gasteiger partial charge in [0, 0.05) is 26.2 Å². The number of morpholine rings is 1. The molecule has 1 unspecified atom stereocenters. The van der Waals surface area contributed by atoms with E-state index < -0.39 is 10.0 Å². The second kappa shape index (κ2) is 8.22. The number of benzene rings is 1. The summed E-state index contributed by atoms with van der Waals surface area (Å²) in [5, 5.41) is 0. The maximum atomic E-state index is 12.6. The third kappa shape index (κ3) is 4.55. The molecule has 0 spiro atoms. The number of rotatable bonds is 7. The molecule has 8 heteroatoms. The molecule has 2 aliphatic rings. The number of hydrogen-bond donors (Lipinski definition) is 1. The van der Waals surface area contributed by atoms with E-state index >= 15 is 0 Å². The van der Waals surface area contributed by atoms with Gasteiger partial charge in [-0.25, -0.2) is 8.42 Å². The van der Waals surface area contributed by atoms with Gasteiger partial charge in [-0.1, -0.05) is 6.92 Å². The second-order valence-electron chi connectivity index (χ2n) is 7.38. The summed E-state index contributed by atoms with van der Waals surface area (Å²) in [4.78, 5) is 2.66. The smallest absolute Gasteiger partial charge is 0.243 e. The van der Waals surface area contributed by atoms with Crippen LogP contribution in [0.1, 0.15) is 13.3 Å². The van der Waals surface area contributed by atoms with Crippen molar-refractivity contribution in [2.24, 2.45) is 11.1 Å². The van der Waals surface area contributed by atoms with Crippen molar-refractivity contribution in [1.29, 1.82) is 0 Å². The lowest BCUT2D eigenvalue weighted by molar-refractivity contribution is 0.0730. The van der Waals surface area contributed by atoms with Crippen LogP contribution >= 0.6 is 0 Å². The number of ether oxygens (including phenoxy) is 2. The van der Waals surface area contributed by atoms with Crippen molar-refractivity contribution in [3.63, 3.8) is 0 Å². The van der Waals surface area contributed by atoms with Gasteiger partial charge in [-0.3, -0.25) is 4.90 Å². The fraction of sp³-hybridized carbons (Fsp3) is 0.667. The van der Waals surface area contributed by atoms with E-state index in [1.807, 2.05) is 0 Å². The van der Waals surface area contributed by atoms with Gasteiger partial charge in [0.05, 0.1) is 18.1 Å². The Labute approximate surface area is 156 Å². The summed E-state index contributed by atoms with van der Waals surface area (Å²) < 4.78 is 37.6. The molecule has 1 aromatic rings. The minimum absolute atomic E-state index is 0.218. The van der Waals surface area contributed by atoms with Crippen LogP contribution in [-0.4, -0.2) is 76.7 Å². The lowest BCUT2D eigenvalue weighted by atomic mass is 9.90. The van der Waals surface area contributed by atoms with E-state index in [-0.39, 0.29) is 5.41 Å². The van der Waals surface area contributed by atoms with E-state index in [1.54, 1.807) is 24.3 Å². The largest absolute Gasteiger partial charge is 0.492 e. The van der Waals surface area contributed by atoms with E-state index in [0.717, 1.165) is 26.1 Å². The Hall–Kier alpha value is -1.19. The zero-order chi connectivity index (χ0) is 18.6. The minimum atomic E-state index is -3.45. The van der Waals surface area contributed by atoms with Crippen molar-refractivity contribution in [3.05, 3.63) is 24.3 Å². The third-order valence-electron chi connectivity index (χ3n) is 5.24. The maximum Gasteiger partial charge on any atom is 0.243 e. The molecule has 0 aliphatic carbocycles. The fourth-order valence-electron chi connectivity index (χ4n) is 3.42. The molecule has 0 amide bonds. The highest BCUT2D eigenvalue weighted by Gasteiger charge is 2.32. The Bertz CT molecular complexity index is 689. The van der Waals surface area contributed by atoms with E-state index in [9.17, 15) is 8.42 Å². The molecule has 3 rings (SSSR count). The first-order valence-electron chi connectivity index (χ1n) is 9.16. The van der Waals surface area contributed by atoms with Gasteiger partial charge in [0.1, 0.15) is 12.4 Å². The molecule has 0 aromatic heterocycles. The molecule has 26 heavy (non-hydrogen) atoms. The van der Waals surface area contributed by atoms with Crippen molar-refractivity contribution >= 4 is 10.0 Å². The van der Waals surface area contributed by atoms with E-state index in [1.165, 1.54) is 4.31 Å². The third-order valence-corrected chi connectivity index (χ3v) is 7.15. The molecule has 7 nitrogen and oxygen atoms in total. The van der Waals surface area contributed by atoms with Gasteiger partial charge >= 0.3 is 0 Å². The van der Waals surface area contributed by atoms with Crippen LogP contribution in [0.25, 0.3) is 0 Å². The lowest BCUT2D eigenvalue weighted by Gasteiger charge is -2.26. The van der Waals surface area contributed by atoms with Gasteiger partial charge < -0.3 is 15.2 Å². The molecule has 1 aromatic carbocycles. The first kappa shape index (κ1) is 19.6. The molecule has 2 heterocycles. The van der Waals surface area contributed by atoms with Crippen LogP contribution in [0.2, 0.25) is 0 Å². The number of nitrogens with two attached hydrogens (primary N) is 1. The van der Waals surface area contributed by atoms with E-state index in [4.69, 9.17) is 15.2 Å². The van der Waals surface area contributed by atoms with Crippen LogP contribution in [-0.2, 0) is 14.8 Å². The highest BCUT2D eigenvalue weighted by molar-refractivity contribution is 7.89. The summed E-state index contributed by atoms with van der Waals surface area (Å²) in [5.41, 5.74) is 6.05. The zero-order valence-electron chi connectivity index (χ0n) is 15.4. The molecule has 0 radical (unpaired) electrons. The summed E-state index contributed by atoms with van der Waals surface area (Å²) in [6.45, 7) is 8.11. The van der Waals surface area contributed by atoms with Crippen molar-refractivity contribution in [1.82, 2.24) is 9.21 Å². The van der Waals surface area contributed by atoms with E-state index in [2.05, 4.69) is 11.8 Å². The highest BCUT2D eigenvalue weighted by Crippen LogP contribution is 2.28. The molecule has 2 N–H and O–H groups in total. The van der Waals surface area contributed by atoms with Gasteiger partial charge in [0.15, 0.2) is 0 Å². The summed E-state index contributed by atoms with van der Waals surface area (Å²) in [6, 6.07) is 6.67. The van der Waals surface area contributed by atoms with Gasteiger partial charge in [-0.2, -0.15) is 4.31 Å². The Kier molecular flexibility index (Phi) is 6.19. The Morgan fingerprint density at radius 2 is 1.88 bits per heavy atom. The van der Waals surface area contributed by atoms with Gasteiger partial charge in [0.2, 0.25) is 10.0 Å². The Morgan fingerprint density at radius 3 is 2.50 bits per heavy atom. The average molecular weight is 384 g/mol. The van der Waals surface area contributed by atoms with Gasteiger partial charge in [-0.05, 0) is 49.2 Å². The van der Waals surface area contributed by atoms with Crippen molar-refractivity contribution in [3.8, 4) is 5.75 Å². The Morgan fingerprint density at radius 1 is 1.19 bits per heavy atom. The van der Waals surface area contributed by atoms with Crippen LogP contribution in [0.5, 0.6) is 5.75 Å². The molecule has 0 saturated carbocycles. The number of sulfonamides is 1. The predicted octanol–water partition coefficient (Wildman–Crippen LogP) is 0.757. The van der Waals surface area contributed by atoms with Crippen LogP contribution in [0, 0.1) is 5.41 Å². The number of likely N-dealkylation sites (tertiary alicyclic amines) is 1. The first-order valence-corrected chi connectivity index (χ1v) is 10.6. The van der Waals surface area contributed by atoms with Crippen LogP contribution in [0.15, 0.2) is 29.2 Å². The van der Waals surface area contributed by atoms with Crippen molar-refractivity contribution in [2.45, 2.75) is 18.2 Å². The number of nitrogens with zero attached hydrogens (tertiary/aromatic N) is 2. The second-order valence-corrected chi connectivity index (χ2v) is 9.32. The zero-order valence-corrected chi connectivity index (χ0v) is 16.2. The van der Waals surface area contributed by atoms with Crippen LogP contribution in [0.3, 0.4) is 0 Å². The highest BCUT2D eigenvalue weighted by atomic mass is 32.2. The Balaban J connectivity index is 1.50. The van der Waals surface area contributed by atoms with Crippen molar-refractivity contribution < 1.29 is 17.9 Å². The van der Waals surface area contributed by atoms with Crippen LogP contribution in [0.4, 0.5) is 0 Å². The molecular formula is C18H29N3O4S. The van der Waals surface area contributed by atoms with Gasteiger partial charge in [0.25, 0.3) is 0 Å². The normalized spacial score (nSPS) is 25.5. The molecule has 2 saturated heterocycles. The standard InChI is InChI=1S/C18H29N3O4S/c1-18(14-19)6-7-20(15-18)8-13-25-16-2-4-17(5-3-16)26(22,23)21-9-11-24-12-10-21/h2-5H,6-15,19H2,1H3. The first-order chi connectivity index (χ1) is 12.4. The molecule has 146 valence electrons. The lowest BCUT2D eigenvalue weighted by Crippen LogP contribution is -2.40. The summed E-state index contributed by atoms with van der Waals surface area (Å²) >= 11 is 0. The van der Waals surface area contributed by atoms with Crippen molar-refractivity contribution in [2.75, 3.05) is 59.1 Å². The monoisotopic (exact) mass is 383 g/mol. The minimum Gasteiger partial charge on any atom is -0.492 e. The molecular weight excluding hydrogens is 354 g/mol. The summed E-state index contributed by atoms with van der Waals surface area (Å²) in [7, 11) is -3.45. The van der Waals surface area contributed by atoms with Gasteiger partial charge in [-0.15, -0.1) is 0 Å². The molecule has 0 bridgehead atoms. The number of hydrogen-bond acceptors (Lipinski definition) is 6. The molecule has 2 fully saturated rings. The summed E-state index contributed by atoms with van der Waals surface area (Å²) in [5.74, 6) is 0.687. The average Bonchev–Trinajstić information content (AvgIpc) is 3.05. The molecule has 2 aliphatic heterocycles. The maximum absolute atomic E-state index is 12.6. The molecule has 1 atom stereocenters. The van der Waals surface area contributed by atoms with Crippen LogP contribution < -0.4 is 10.5 Å². The van der Waals surface area contributed by atoms with E-state index in [0.29, 0.717) is 50.1 Å². The SMILES string of the molecule is CC1(CN)CCN(CCOc2ccc(S(=O)(=O)N3CCOCC3)cc2)C1. The quantitative estimate of drug-likeness (QED) is 0.748. The topological polar surface area (TPSA) is 85.1 Å².